The minimum Gasteiger partial charge on any atom is -0.481 e. The first-order chi connectivity index (χ1) is 14.9. The minimum absolute atomic E-state index is 0.0345. The number of rotatable bonds is 5. The summed E-state index contributed by atoms with van der Waals surface area (Å²) in [4.78, 5) is 30.7. The number of aliphatic imine (C=N–C) groups is 1. The number of halogens is 2. The summed E-state index contributed by atoms with van der Waals surface area (Å²) < 4.78 is 26.9. The van der Waals surface area contributed by atoms with E-state index in [-0.39, 0.29) is 30.0 Å². The lowest BCUT2D eigenvalue weighted by atomic mass is 9.78. The third-order valence-corrected chi connectivity index (χ3v) is 6.22. The van der Waals surface area contributed by atoms with Crippen LogP contribution in [0.2, 0.25) is 0 Å². The molecule has 0 radical (unpaired) electrons. The molecule has 2 aromatic rings. The number of likely N-dealkylation sites (tertiary alicyclic amines) is 1. The Morgan fingerprint density at radius 2 is 1.81 bits per heavy atom. The van der Waals surface area contributed by atoms with E-state index in [4.69, 9.17) is 0 Å². The predicted molar refractivity (Wildman–Crippen MR) is 112 cm³/mol. The van der Waals surface area contributed by atoms with Crippen molar-refractivity contribution in [3.63, 3.8) is 0 Å². The average molecular weight is 426 g/mol. The topological polar surface area (TPSA) is 70.0 Å². The molecule has 2 aromatic carbocycles. The van der Waals surface area contributed by atoms with Gasteiger partial charge in [0.1, 0.15) is 11.6 Å². The summed E-state index contributed by atoms with van der Waals surface area (Å²) in [5, 5.41) is 9.37. The Bertz CT molecular complexity index is 1020. The molecule has 0 saturated carbocycles. The van der Waals surface area contributed by atoms with Crippen LogP contribution in [-0.2, 0) is 11.2 Å². The van der Waals surface area contributed by atoms with Crippen LogP contribution in [0.1, 0.15) is 40.7 Å². The Morgan fingerprint density at radius 1 is 1.06 bits per heavy atom. The molecular weight excluding hydrogens is 402 g/mol. The Morgan fingerprint density at radius 3 is 2.55 bits per heavy atom. The Kier molecular flexibility index (Phi) is 6.11. The molecule has 1 N–H and O–H groups in total. The molecule has 5 nitrogen and oxygen atoms in total. The molecule has 2 heterocycles. The maximum atomic E-state index is 13.6. The van der Waals surface area contributed by atoms with Crippen LogP contribution in [-0.4, -0.2) is 47.2 Å². The van der Waals surface area contributed by atoms with Crippen LogP contribution in [0.5, 0.6) is 0 Å². The van der Waals surface area contributed by atoms with Crippen molar-refractivity contribution in [2.45, 2.75) is 25.7 Å². The lowest BCUT2D eigenvalue weighted by Crippen LogP contribution is -2.45. The van der Waals surface area contributed by atoms with E-state index in [1.54, 1.807) is 11.0 Å². The molecule has 4 rings (SSSR count). The fraction of sp³-hybridized carbons (Fsp3) is 0.375. The maximum Gasteiger partial charge on any atom is 0.303 e. The molecule has 0 aliphatic carbocycles. The third kappa shape index (κ3) is 4.81. The van der Waals surface area contributed by atoms with Crippen molar-refractivity contribution in [2.24, 2.45) is 16.8 Å². The van der Waals surface area contributed by atoms with E-state index >= 15 is 0 Å². The van der Waals surface area contributed by atoms with E-state index in [0.717, 1.165) is 16.8 Å². The van der Waals surface area contributed by atoms with Crippen molar-refractivity contribution >= 4 is 17.6 Å². The van der Waals surface area contributed by atoms with E-state index in [2.05, 4.69) is 4.99 Å². The Balaban J connectivity index is 1.55. The van der Waals surface area contributed by atoms with Crippen molar-refractivity contribution < 1.29 is 23.5 Å². The summed E-state index contributed by atoms with van der Waals surface area (Å²) in [6, 6.07) is 10.1. The van der Waals surface area contributed by atoms with Crippen molar-refractivity contribution in [1.82, 2.24) is 4.90 Å². The van der Waals surface area contributed by atoms with Gasteiger partial charge in [-0.3, -0.25) is 14.6 Å². The number of piperidine rings is 1. The van der Waals surface area contributed by atoms with Gasteiger partial charge in [0.25, 0.3) is 5.91 Å². The van der Waals surface area contributed by atoms with Gasteiger partial charge in [-0.1, -0.05) is 0 Å². The molecular formula is C24H24F2N2O3. The van der Waals surface area contributed by atoms with Crippen molar-refractivity contribution in [3.05, 3.63) is 70.8 Å². The number of fused-ring (bicyclic) bond motifs is 1. The van der Waals surface area contributed by atoms with E-state index < -0.39 is 11.8 Å². The molecule has 2 aliphatic rings. The van der Waals surface area contributed by atoms with Gasteiger partial charge in [-0.2, -0.15) is 0 Å². The van der Waals surface area contributed by atoms with Gasteiger partial charge in [0, 0.05) is 37.3 Å². The van der Waals surface area contributed by atoms with Gasteiger partial charge >= 0.3 is 5.97 Å². The van der Waals surface area contributed by atoms with Gasteiger partial charge in [-0.05, 0) is 84.7 Å². The van der Waals surface area contributed by atoms with E-state index in [0.29, 0.717) is 44.5 Å². The summed E-state index contributed by atoms with van der Waals surface area (Å²) in [5.41, 5.74) is 3.07. The fourth-order valence-electron chi connectivity index (χ4n) is 4.63. The van der Waals surface area contributed by atoms with Gasteiger partial charge in [0.2, 0.25) is 0 Å². The van der Waals surface area contributed by atoms with Crippen LogP contribution in [0, 0.1) is 23.5 Å². The highest BCUT2D eigenvalue weighted by Gasteiger charge is 2.34. The summed E-state index contributed by atoms with van der Waals surface area (Å²) >= 11 is 0. The lowest BCUT2D eigenvalue weighted by molar-refractivity contribution is -0.138. The highest BCUT2D eigenvalue weighted by molar-refractivity contribution is 6.02. The monoisotopic (exact) mass is 426 g/mol. The molecule has 7 heteroatoms. The molecule has 1 fully saturated rings. The first-order valence-electron chi connectivity index (χ1n) is 10.5. The predicted octanol–water partition coefficient (Wildman–Crippen LogP) is 3.95. The second kappa shape index (κ2) is 8.96. The van der Waals surface area contributed by atoms with Gasteiger partial charge in [0.15, 0.2) is 0 Å². The highest BCUT2D eigenvalue weighted by atomic mass is 19.1. The maximum absolute atomic E-state index is 13.6. The normalized spacial score (nSPS) is 20.7. The van der Waals surface area contributed by atoms with Crippen molar-refractivity contribution in [2.75, 3.05) is 19.6 Å². The first kappa shape index (κ1) is 21.2. The highest BCUT2D eigenvalue weighted by Crippen LogP contribution is 2.32. The summed E-state index contributed by atoms with van der Waals surface area (Å²) in [6.45, 7) is 1.43. The SMILES string of the molecule is O=C(O)C[C@@H]1CCN(C(=O)c2ccc(F)cc2)C[C@@H]1CC1=NCCc2cc(F)ccc21. The second-order valence-electron chi connectivity index (χ2n) is 8.25. The lowest BCUT2D eigenvalue weighted by Gasteiger charge is -2.39. The quantitative estimate of drug-likeness (QED) is 0.787. The number of hydrogen-bond donors (Lipinski definition) is 1. The number of nitrogens with zero attached hydrogens (tertiary/aromatic N) is 2. The molecule has 162 valence electrons. The van der Waals surface area contributed by atoms with Crippen molar-refractivity contribution in [1.29, 1.82) is 0 Å². The molecule has 2 aliphatic heterocycles. The summed E-state index contributed by atoms with van der Waals surface area (Å²) in [7, 11) is 0. The standard InChI is InChI=1S/C24H24F2N2O3/c25-19-3-1-15(2-4-19)24(31)28-10-8-16(13-23(29)30)18(14-28)12-22-21-6-5-20(26)11-17(21)7-9-27-22/h1-6,11,16,18H,7-10,12-14H2,(H,29,30)/t16-,18-/m0/s1. The van der Waals surface area contributed by atoms with Gasteiger partial charge < -0.3 is 10.0 Å². The van der Waals surface area contributed by atoms with E-state index in [1.807, 2.05) is 0 Å². The van der Waals surface area contributed by atoms with Crippen LogP contribution in [0.3, 0.4) is 0 Å². The largest absolute Gasteiger partial charge is 0.481 e. The fourth-order valence-corrected chi connectivity index (χ4v) is 4.63. The number of carbonyl (C=O) groups is 2. The number of hydrogen-bond acceptors (Lipinski definition) is 3. The van der Waals surface area contributed by atoms with Crippen LogP contribution in [0.4, 0.5) is 8.78 Å². The molecule has 1 amide bonds. The van der Waals surface area contributed by atoms with Crippen LogP contribution in [0.25, 0.3) is 0 Å². The Hall–Kier alpha value is -3.09. The summed E-state index contributed by atoms with van der Waals surface area (Å²) in [6.07, 6.45) is 1.82. The number of carboxylic acids is 1. The Labute approximate surface area is 179 Å². The molecule has 0 bridgehead atoms. The molecule has 31 heavy (non-hydrogen) atoms. The zero-order valence-corrected chi connectivity index (χ0v) is 17.1. The number of aliphatic carboxylic acids is 1. The second-order valence-corrected chi connectivity index (χ2v) is 8.25. The van der Waals surface area contributed by atoms with E-state index in [9.17, 15) is 23.5 Å². The first-order valence-corrected chi connectivity index (χ1v) is 10.5. The average Bonchev–Trinajstić information content (AvgIpc) is 2.74. The van der Waals surface area contributed by atoms with Gasteiger partial charge in [0.05, 0.1) is 0 Å². The molecule has 1 saturated heterocycles. The summed E-state index contributed by atoms with van der Waals surface area (Å²) in [5.74, 6) is -1.89. The zero-order valence-electron chi connectivity index (χ0n) is 17.1. The number of carboxylic acid groups (broad SMARTS) is 1. The van der Waals surface area contributed by atoms with Crippen LogP contribution in [0.15, 0.2) is 47.5 Å². The third-order valence-electron chi connectivity index (χ3n) is 6.22. The zero-order chi connectivity index (χ0) is 22.0. The van der Waals surface area contributed by atoms with Crippen LogP contribution >= 0.6 is 0 Å². The number of amides is 1. The van der Waals surface area contributed by atoms with Crippen LogP contribution < -0.4 is 0 Å². The molecule has 0 aromatic heterocycles. The molecule has 0 spiro atoms. The minimum atomic E-state index is -0.860. The molecule has 2 atom stereocenters. The number of benzene rings is 2. The van der Waals surface area contributed by atoms with Gasteiger partial charge in [-0.15, -0.1) is 0 Å². The smallest absolute Gasteiger partial charge is 0.303 e. The van der Waals surface area contributed by atoms with Crippen molar-refractivity contribution in [3.8, 4) is 0 Å². The molecule has 0 unspecified atom stereocenters. The number of carbonyl (C=O) groups excluding carboxylic acids is 1. The van der Waals surface area contributed by atoms with E-state index in [1.165, 1.54) is 36.4 Å². The van der Waals surface area contributed by atoms with Gasteiger partial charge in [-0.25, -0.2) is 8.78 Å².